The van der Waals surface area contributed by atoms with Gasteiger partial charge in [0.05, 0.1) is 23.2 Å². The number of nitrogen functional groups attached to an aromatic ring is 2. The van der Waals surface area contributed by atoms with Crippen LogP contribution in [-0.4, -0.2) is 10.1 Å². The minimum atomic E-state index is -0.758. The van der Waals surface area contributed by atoms with Crippen LogP contribution in [0.3, 0.4) is 0 Å². The maximum absolute atomic E-state index is 9.20. The molecule has 12 heavy (non-hydrogen) atoms. The van der Waals surface area contributed by atoms with Crippen molar-refractivity contribution in [1.29, 1.82) is 0 Å². The van der Waals surface area contributed by atoms with Crippen LogP contribution in [0.4, 0.5) is 11.4 Å². The van der Waals surface area contributed by atoms with Crippen molar-refractivity contribution in [3.63, 3.8) is 0 Å². The zero-order chi connectivity index (χ0) is 9.30. The molecule has 0 saturated heterocycles. The molecule has 0 fully saturated rings. The van der Waals surface area contributed by atoms with Gasteiger partial charge in [0.2, 0.25) is 0 Å². The molecule has 1 rings (SSSR count). The summed E-state index contributed by atoms with van der Waals surface area (Å²) < 4.78 is 0. The highest BCUT2D eigenvalue weighted by Gasteiger charge is 2.10. The van der Waals surface area contributed by atoms with Crippen LogP contribution in [0.1, 0.15) is 18.7 Å². The van der Waals surface area contributed by atoms with Crippen LogP contribution in [0.15, 0.2) is 6.07 Å². The Balaban J connectivity index is 3.28. The predicted octanol–water partition coefficient (Wildman–Crippen LogP) is 0.953. The van der Waals surface area contributed by atoms with Gasteiger partial charge in [0.15, 0.2) is 0 Å². The molecule has 1 aromatic heterocycles. The molecule has 0 aliphatic rings. The molecule has 0 aromatic carbocycles. The molecule has 5 N–H and O–H groups in total. The lowest BCUT2D eigenvalue weighted by atomic mass is 10.2. The van der Waals surface area contributed by atoms with Crippen molar-refractivity contribution >= 4 is 23.0 Å². The number of halogens is 1. The van der Waals surface area contributed by atoms with E-state index in [1.54, 1.807) is 6.92 Å². The fraction of sp³-hybridized carbons (Fsp3) is 0.286. The second-order valence-corrected chi connectivity index (χ2v) is 2.90. The van der Waals surface area contributed by atoms with Crippen molar-refractivity contribution in [2.24, 2.45) is 0 Å². The maximum atomic E-state index is 9.20. The Kier molecular flexibility index (Phi) is 2.40. The van der Waals surface area contributed by atoms with E-state index >= 15 is 0 Å². The third-order valence-corrected chi connectivity index (χ3v) is 1.68. The summed E-state index contributed by atoms with van der Waals surface area (Å²) in [6.45, 7) is 1.55. The highest BCUT2D eigenvalue weighted by atomic mass is 35.5. The van der Waals surface area contributed by atoms with Gasteiger partial charge >= 0.3 is 0 Å². The van der Waals surface area contributed by atoms with Crippen LogP contribution in [0.2, 0.25) is 5.15 Å². The molecule has 0 saturated carbocycles. The van der Waals surface area contributed by atoms with Crippen LogP contribution in [0.5, 0.6) is 0 Å². The van der Waals surface area contributed by atoms with Crippen molar-refractivity contribution in [3.05, 3.63) is 16.9 Å². The Hall–Kier alpha value is -1.00. The van der Waals surface area contributed by atoms with Gasteiger partial charge in [-0.15, -0.1) is 0 Å². The standard InChI is InChI=1S/C7H10ClN3O/c1-3(12)7-6(10)4(9)2-5(8)11-7/h2-3,12H,10H2,1H3,(H2,9,11). The minimum absolute atomic E-state index is 0.234. The second-order valence-electron chi connectivity index (χ2n) is 2.51. The molecule has 4 nitrogen and oxygen atoms in total. The van der Waals surface area contributed by atoms with Gasteiger partial charge in [-0.2, -0.15) is 0 Å². The smallest absolute Gasteiger partial charge is 0.131 e. The van der Waals surface area contributed by atoms with Gasteiger partial charge in [-0.1, -0.05) is 11.6 Å². The highest BCUT2D eigenvalue weighted by molar-refractivity contribution is 6.29. The molecule has 0 aliphatic carbocycles. The van der Waals surface area contributed by atoms with Crippen LogP contribution < -0.4 is 11.5 Å². The van der Waals surface area contributed by atoms with Gasteiger partial charge in [-0.3, -0.25) is 0 Å². The van der Waals surface area contributed by atoms with Crippen LogP contribution in [0.25, 0.3) is 0 Å². The van der Waals surface area contributed by atoms with Gasteiger partial charge in [-0.25, -0.2) is 4.98 Å². The molecule has 1 unspecified atom stereocenters. The number of hydrogen-bond donors (Lipinski definition) is 3. The number of aliphatic hydroxyl groups is 1. The van der Waals surface area contributed by atoms with Gasteiger partial charge in [0, 0.05) is 6.07 Å². The molecular formula is C7H10ClN3O. The molecule has 5 heteroatoms. The quantitative estimate of drug-likeness (QED) is 0.572. The van der Waals surface area contributed by atoms with Crippen molar-refractivity contribution < 1.29 is 5.11 Å². The van der Waals surface area contributed by atoms with Gasteiger partial charge in [0.1, 0.15) is 5.15 Å². The lowest BCUT2D eigenvalue weighted by Crippen LogP contribution is -2.05. The molecule has 1 heterocycles. The van der Waals surface area contributed by atoms with Crippen LogP contribution in [-0.2, 0) is 0 Å². The number of aliphatic hydroxyl groups excluding tert-OH is 1. The first-order valence-electron chi connectivity index (χ1n) is 3.42. The molecule has 0 amide bonds. The third kappa shape index (κ3) is 1.60. The van der Waals surface area contributed by atoms with Crippen LogP contribution in [0, 0.1) is 0 Å². The van der Waals surface area contributed by atoms with Crippen molar-refractivity contribution in [2.75, 3.05) is 11.5 Å². The van der Waals surface area contributed by atoms with Crippen molar-refractivity contribution in [2.45, 2.75) is 13.0 Å². The summed E-state index contributed by atoms with van der Waals surface area (Å²) >= 11 is 5.61. The predicted molar refractivity (Wildman–Crippen MR) is 48.7 cm³/mol. The zero-order valence-electron chi connectivity index (χ0n) is 6.58. The van der Waals surface area contributed by atoms with Crippen molar-refractivity contribution in [3.8, 4) is 0 Å². The Bertz CT molecular complexity index is 301. The van der Waals surface area contributed by atoms with E-state index < -0.39 is 6.10 Å². The summed E-state index contributed by atoms with van der Waals surface area (Å²) in [6.07, 6.45) is -0.758. The van der Waals surface area contributed by atoms with Crippen LogP contribution >= 0.6 is 11.6 Å². The summed E-state index contributed by atoms with van der Waals surface area (Å²) in [5, 5.41) is 9.43. The number of nitrogens with two attached hydrogens (primary N) is 2. The maximum Gasteiger partial charge on any atom is 0.131 e. The van der Waals surface area contributed by atoms with Crippen molar-refractivity contribution in [1.82, 2.24) is 4.98 Å². The van der Waals surface area contributed by atoms with E-state index in [0.717, 1.165) is 0 Å². The monoisotopic (exact) mass is 187 g/mol. The lowest BCUT2D eigenvalue weighted by Gasteiger charge is -2.09. The molecule has 1 atom stereocenters. The molecule has 0 radical (unpaired) electrons. The van der Waals surface area contributed by atoms with E-state index in [4.69, 9.17) is 23.1 Å². The minimum Gasteiger partial charge on any atom is -0.397 e. The molecule has 0 bridgehead atoms. The van der Waals surface area contributed by atoms with Gasteiger partial charge in [-0.05, 0) is 6.92 Å². The lowest BCUT2D eigenvalue weighted by molar-refractivity contribution is 0.195. The summed E-state index contributed by atoms with van der Waals surface area (Å²) in [7, 11) is 0. The number of aromatic nitrogens is 1. The fourth-order valence-corrected chi connectivity index (χ4v) is 1.09. The average Bonchev–Trinajstić information content (AvgIpc) is 1.96. The molecule has 0 spiro atoms. The van der Waals surface area contributed by atoms with E-state index in [1.165, 1.54) is 6.07 Å². The Morgan fingerprint density at radius 1 is 1.58 bits per heavy atom. The average molecular weight is 188 g/mol. The van der Waals surface area contributed by atoms with Gasteiger partial charge in [0.25, 0.3) is 0 Å². The van der Waals surface area contributed by atoms with E-state index in [1.807, 2.05) is 0 Å². The first-order chi connectivity index (χ1) is 5.52. The summed E-state index contributed by atoms with van der Waals surface area (Å²) in [6, 6.07) is 1.45. The van der Waals surface area contributed by atoms with E-state index in [2.05, 4.69) is 4.98 Å². The van der Waals surface area contributed by atoms with E-state index in [-0.39, 0.29) is 10.8 Å². The third-order valence-electron chi connectivity index (χ3n) is 1.48. The molecule has 1 aromatic rings. The van der Waals surface area contributed by atoms with E-state index in [9.17, 15) is 5.11 Å². The number of hydrogen-bond acceptors (Lipinski definition) is 4. The first kappa shape index (κ1) is 9.09. The largest absolute Gasteiger partial charge is 0.397 e. The molecular weight excluding hydrogens is 178 g/mol. The number of pyridine rings is 1. The summed E-state index contributed by atoms with van der Waals surface area (Å²) in [5.74, 6) is 0. The SMILES string of the molecule is CC(O)c1nc(Cl)cc(N)c1N. The van der Waals surface area contributed by atoms with E-state index in [0.29, 0.717) is 11.4 Å². The normalized spacial score (nSPS) is 12.9. The Morgan fingerprint density at radius 3 is 2.67 bits per heavy atom. The Morgan fingerprint density at radius 2 is 2.17 bits per heavy atom. The van der Waals surface area contributed by atoms with Gasteiger partial charge < -0.3 is 16.6 Å². The fourth-order valence-electron chi connectivity index (χ4n) is 0.880. The highest BCUT2D eigenvalue weighted by Crippen LogP contribution is 2.26. The molecule has 66 valence electrons. The topological polar surface area (TPSA) is 85.2 Å². The summed E-state index contributed by atoms with van der Waals surface area (Å²) in [4.78, 5) is 3.84. The zero-order valence-corrected chi connectivity index (χ0v) is 7.34. The Labute approximate surface area is 75.2 Å². The number of rotatable bonds is 1. The number of nitrogens with zero attached hydrogens (tertiary/aromatic N) is 1. The molecule has 0 aliphatic heterocycles. The summed E-state index contributed by atoms with van der Waals surface area (Å²) in [5.41, 5.74) is 12.0. The first-order valence-corrected chi connectivity index (χ1v) is 3.79. The number of anilines is 2. The second kappa shape index (κ2) is 3.16.